The minimum Gasteiger partial charge on any atom is -0.496 e. The number of hydrogen-bond donors (Lipinski definition) is 1. The van der Waals surface area contributed by atoms with Crippen molar-refractivity contribution in [1.82, 2.24) is 5.32 Å². The molecule has 1 atom stereocenters. The van der Waals surface area contributed by atoms with E-state index < -0.39 is 0 Å². The summed E-state index contributed by atoms with van der Waals surface area (Å²) in [6.07, 6.45) is 2.34. The minimum atomic E-state index is 0.449. The Morgan fingerprint density at radius 1 is 1.16 bits per heavy atom. The molecule has 1 aromatic carbocycles. The maximum atomic E-state index is 5.40. The summed E-state index contributed by atoms with van der Waals surface area (Å²) in [5.74, 6) is 1.68. The second-order valence-electron chi connectivity index (χ2n) is 5.81. The maximum Gasteiger partial charge on any atom is 0.122 e. The molecule has 2 nitrogen and oxygen atoms in total. The van der Waals surface area contributed by atoms with E-state index >= 15 is 0 Å². The fourth-order valence-corrected chi connectivity index (χ4v) is 2.52. The van der Waals surface area contributed by atoms with Crippen molar-refractivity contribution >= 4 is 0 Å². The summed E-state index contributed by atoms with van der Waals surface area (Å²) in [6.45, 7) is 12.2. The van der Waals surface area contributed by atoms with Crippen LogP contribution in [-0.2, 0) is 0 Å². The normalized spacial score (nSPS) is 12.8. The summed E-state index contributed by atoms with van der Waals surface area (Å²) < 4.78 is 5.40. The largest absolute Gasteiger partial charge is 0.496 e. The van der Waals surface area contributed by atoms with Gasteiger partial charge in [0.15, 0.2) is 0 Å². The highest BCUT2D eigenvalue weighted by Crippen LogP contribution is 2.29. The van der Waals surface area contributed by atoms with E-state index in [0.717, 1.165) is 12.3 Å². The van der Waals surface area contributed by atoms with Crippen molar-refractivity contribution in [3.63, 3.8) is 0 Å². The molecular weight excluding hydrogens is 234 g/mol. The first-order valence-electron chi connectivity index (χ1n) is 7.38. The van der Waals surface area contributed by atoms with Gasteiger partial charge in [0.25, 0.3) is 0 Å². The first-order valence-corrected chi connectivity index (χ1v) is 7.38. The quantitative estimate of drug-likeness (QED) is 0.787. The Kier molecular flexibility index (Phi) is 6.36. The molecule has 1 N–H and O–H groups in total. The number of rotatable bonds is 7. The van der Waals surface area contributed by atoms with E-state index in [-0.39, 0.29) is 0 Å². The summed E-state index contributed by atoms with van der Waals surface area (Å²) in [7, 11) is 1.74. The number of nitrogens with one attached hydrogen (secondary N) is 1. The fraction of sp³-hybridized carbons (Fsp3) is 0.647. The summed E-state index contributed by atoms with van der Waals surface area (Å²) >= 11 is 0. The number of methoxy groups -OCH3 is 1. The molecule has 0 saturated carbocycles. The number of aryl methyl sites for hydroxylation is 2. The summed E-state index contributed by atoms with van der Waals surface area (Å²) in [5.41, 5.74) is 3.95. The highest BCUT2D eigenvalue weighted by atomic mass is 16.5. The van der Waals surface area contributed by atoms with E-state index in [1.54, 1.807) is 7.11 Å². The number of ether oxygens (including phenoxy) is 1. The molecule has 1 unspecified atom stereocenters. The topological polar surface area (TPSA) is 21.3 Å². The van der Waals surface area contributed by atoms with Crippen LogP contribution in [0, 0.1) is 19.8 Å². The highest BCUT2D eigenvalue weighted by molar-refractivity contribution is 5.42. The third-order valence-corrected chi connectivity index (χ3v) is 3.51. The SMILES string of the molecule is CCCNC(CC(C)C)c1cc(C)c(OC)cc1C. The molecule has 1 rings (SSSR count). The molecule has 0 fully saturated rings. The zero-order valence-electron chi connectivity index (χ0n) is 13.3. The van der Waals surface area contributed by atoms with Gasteiger partial charge in [0, 0.05) is 6.04 Å². The molecule has 0 aliphatic heterocycles. The molecule has 0 aromatic heterocycles. The van der Waals surface area contributed by atoms with Crippen LogP contribution in [0.3, 0.4) is 0 Å². The molecule has 0 saturated heterocycles. The van der Waals surface area contributed by atoms with Crippen LogP contribution in [0.1, 0.15) is 56.3 Å². The molecule has 0 heterocycles. The zero-order valence-corrected chi connectivity index (χ0v) is 13.3. The molecule has 0 bridgehead atoms. The second kappa shape index (κ2) is 7.54. The van der Waals surface area contributed by atoms with E-state index in [0.29, 0.717) is 12.0 Å². The number of benzene rings is 1. The predicted molar refractivity (Wildman–Crippen MR) is 83.0 cm³/mol. The average molecular weight is 263 g/mol. The van der Waals surface area contributed by atoms with Gasteiger partial charge in [-0.25, -0.2) is 0 Å². The van der Waals surface area contributed by atoms with Crippen molar-refractivity contribution < 1.29 is 4.74 Å². The summed E-state index contributed by atoms with van der Waals surface area (Å²) in [4.78, 5) is 0. The molecule has 0 spiro atoms. The van der Waals surface area contributed by atoms with Crippen LogP contribution < -0.4 is 10.1 Å². The second-order valence-corrected chi connectivity index (χ2v) is 5.81. The Hall–Kier alpha value is -1.02. The molecule has 2 heteroatoms. The Morgan fingerprint density at radius 3 is 2.37 bits per heavy atom. The van der Waals surface area contributed by atoms with Gasteiger partial charge in [-0.1, -0.05) is 26.8 Å². The minimum absolute atomic E-state index is 0.449. The zero-order chi connectivity index (χ0) is 14.4. The van der Waals surface area contributed by atoms with Gasteiger partial charge in [0.2, 0.25) is 0 Å². The Morgan fingerprint density at radius 2 is 1.84 bits per heavy atom. The average Bonchev–Trinajstić information content (AvgIpc) is 2.36. The molecular formula is C17H29NO. The third-order valence-electron chi connectivity index (χ3n) is 3.51. The monoisotopic (exact) mass is 263 g/mol. The van der Waals surface area contributed by atoms with Crippen molar-refractivity contribution in [3.8, 4) is 5.75 Å². The van der Waals surface area contributed by atoms with Gasteiger partial charge in [-0.2, -0.15) is 0 Å². The maximum absolute atomic E-state index is 5.40. The Labute approximate surface area is 118 Å². The smallest absolute Gasteiger partial charge is 0.122 e. The van der Waals surface area contributed by atoms with Crippen molar-refractivity contribution in [3.05, 3.63) is 28.8 Å². The van der Waals surface area contributed by atoms with Gasteiger partial charge in [0.1, 0.15) is 5.75 Å². The first-order chi connectivity index (χ1) is 8.99. The van der Waals surface area contributed by atoms with Crippen LogP contribution in [0.25, 0.3) is 0 Å². The molecule has 108 valence electrons. The lowest BCUT2D eigenvalue weighted by Gasteiger charge is -2.24. The summed E-state index contributed by atoms with van der Waals surface area (Å²) in [6, 6.07) is 4.89. The van der Waals surface area contributed by atoms with Crippen LogP contribution in [0.2, 0.25) is 0 Å². The molecule has 1 aromatic rings. The van der Waals surface area contributed by atoms with Gasteiger partial charge >= 0.3 is 0 Å². The van der Waals surface area contributed by atoms with Crippen molar-refractivity contribution in [1.29, 1.82) is 0 Å². The lowest BCUT2D eigenvalue weighted by Crippen LogP contribution is -2.24. The van der Waals surface area contributed by atoms with Crippen LogP contribution in [0.4, 0.5) is 0 Å². The standard InChI is InChI=1S/C17H29NO/c1-7-8-18-16(9-12(2)3)15-10-14(5)17(19-6)11-13(15)4/h10-12,16,18H,7-9H2,1-6H3. The van der Waals surface area contributed by atoms with Crippen molar-refractivity contribution in [2.75, 3.05) is 13.7 Å². The fourth-order valence-electron chi connectivity index (χ4n) is 2.52. The predicted octanol–water partition coefficient (Wildman–Crippen LogP) is 4.40. The van der Waals surface area contributed by atoms with E-state index in [1.807, 2.05) is 0 Å². The van der Waals surface area contributed by atoms with E-state index in [1.165, 1.54) is 29.5 Å². The Balaban J connectivity index is 3.03. The lowest BCUT2D eigenvalue weighted by molar-refractivity contribution is 0.408. The van der Waals surface area contributed by atoms with Crippen LogP contribution >= 0.6 is 0 Å². The van der Waals surface area contributed by atoms with Crippen molar-refractivity contribution in [2.24, 2.45) is 5.92 Å². The van der Waals surface area contributed by atoms with Crippen molar-refractivity contribution in [2.45, 2.75) is 53.5 Å². The molecule has 19 heavy (non-hydrogen) atoms. The molecule has 0 radical (unpaired) electrons. The summed E-state index contributed by atoms with van der Waals surface area (Å²) in [5, 5.41) is 3.68. The van der Waals surface area contributed by atoms with E-state index in [9.17, 15) is 0 Å². The first kappa shape index (κ1) is 16.0. The van der Waals surface area contributed by atoms with Gasteiger partial charge < -0.3 is 10.1 Å². The van der Waals surface area contributed by atoms with Gasteiger partial charge in [-0.3, -0.25) is 0 Å². The molecule has 0 amide bonds. The number of hydrogen-bond acceptors (Lipinski definition) is 2. The molecule has 0 aliphatic rings. The highest BCUT2D eigenvalue weighted by Gasteiger charge is 2.16. The van der Waals surface area contributed by atoms with Crippen LogP contribution in [0.15, 0.2) is 12.1 Å². The Bertz CT molecular complexity index is 398. The van der Waals surface area contributed by atoms with Gasteiger partial charge in [0.05, 0.1) is 7.11 Å². The molecule has 0 aliphatic carbocycles. The van der Waals surface area contributed by atoms with E-state index in [4.69, 9.17) is 4.74 Å². The third kappa shape index (κ3) is 4.54. The van der Waals surface area contributed by atoms with Gasteiger partial charge in [-0.15, -0.1) is 0 Å². The van der Waals surface area contributed by atoms with Gasteiger partial charge in [-0.05, 0) is 61.9 Å². The van der Waals surface area contributed by atoms with Crippen LogP contribution in [0.5, 0.6) is 5.75 Å². The van der Waals surface area contributed by atoms with Crippen LogP contribution in [-0.4, -0.2) is 13.7 Å². The lowest BCUT2D eigenvalue weighted by atomic mass is 9.92. The van der Waals surface area contributed by atoms with E-state index in [2.05, 4.69) is 52.1 Å².